The maximum atomic E-state index is 12.7. The summed E-state index contributed by atoms with van der Waals surface area (Å²) in [4.78, 5) is 21.2. The Morgan fingerprint density at radius 3 is 2.50 bits per heavy atom. The fourth-order valence-electron chi connectivity index (χ4n) is 4.35. The van der Waals surface area contributed by atoms with Crippen LogP contribution in [0.2, 0.25) is 0 Å². The molecule has 1 aromatic heterocycles. The zero-order chi connectivity index (χ0) is 17.8. The molecule has 4 rings (SSSR count). The highest BCUT2D eigenvalue weighted by atomic mass is 32.1. The molecule has 140 valence electrons. The van der Waals surface area contributed by atoms with Crippen molar-refractivity contribution in [1.82, 2.24) is 9.88 Å². The lowest BCUT2D eigenvalue weighted by molar-refractivity contribution is -0.893. The minimum Gasteiger partial charge on any atom is -0.338 e. The molecule has 5 heteroatoms. The number of hydrogen-bond acceptors (Lipinski definition) is 3. The van der Waals surface area contributed by atoms with Gasteiger partial charge in [-0.2, -0.15) is 0 Å². The lowest BCUT2D eigenvalue weighted by Crippen LogP contribution is -3.13. The lowest BCUT2D eigenvalue weighted by Gasteiger charge is -2.32. The van der Waals surface area contributed by atoms with Crippen LogP contribution in [0.25, 0.3) is 10.2 Å². The van der Waals surface area contributed by atoms with E-state index >= 15 is 0 Å². The van der Waals surface area contributed by atoms with Crippen LogP contribution in [0.4, 0.5) is 0 Å². The van der Waals surface area contributed by atoms with Crippen molar-refractivity contribution in [3.05, 3.63) is 29.3 Å². The number of rotatable bonds is 3. The van der Waals surface area contributed by atoms with Gasteiger partial charge in [0.05, 0.1) is 28.3 Å². The molecule has 2 fully saturated rings. The molecular formula is C21H30N3OS+. The topological polar surface area (TPSA) is 37.6 Å². The first-order valence-corrected chi connectivity index (χ1v) is 11.1. The SMILES string of the molecule is O=C(C[NH+]1CCCCCCC1)N1CCC(c2nc3ccccc3s2)CC1. The highest BCUT2D eigenvalue weighted by Gasteiger charge is 2.27. The number of likely N-dealkylation sites (tertiary alicyclic amines) is 2. The van der Waals surface area contributed by atoms with Crippen LogP contribution in [0.15, 0.2) is 24.3 Å². The van der Waals surface area contributed by atoms with Crippen molar-refractivity contribution in [2.24, 2.45) is 0 Å². The van der Waals surface area contributed by atoms with E-state index in [0.717, 1.165) is 31.4 Å². The number of fused-ring (bicyclic) bond motifs is 1. The Morgan fingerprint density at radius 2 is 1.77 bits per heavy atom. The van der Waals surface area contributed by atoms with Crippen molar-refractivity contribution < 1.29 is 9.69 Å². The van der Waals surface area contributed by atoms with Crippen LogP contribution in [0.1, 0.15) is 55.9 Å². The maximum Gasteiger partial charge on any atom is 0.277 e. The van der Waals surface area contributed by atoms with Gasteiger partial charge in [0.25, 0.3) is 5.91 Å². The molecule has 0 bridgehead atoms. The van der Waals surface area contributed by atoms with Crippen molar-refractivity contribution in [3.8, 4) is 0 Å². The van der Waals surface area contributed by atoms with Crippen LogP contribution < -0.4 is 4.90 Å². The molecule has 0 radical (unpaired) electrons. The molecule has 2 aliphatic rings. The van der Waals surface area contributed by atoms with Gasteiger partial charge in [-0.25, -0.2) is 4.98 Å². The van der Waals surface area contributed by atoms with Crippen LogP contribution in [0, 0.1) is 0 Å². The van der Waals surface area contributed by atoms with E-state index in [1.54, 1.807) is 0 Å². The van der Waals surface area contributed by atoms with Gasteiger partial charge < -0.3 is 9.80 Å². The zero-order valence-corrected chi connectivity index (χ0v) is 16.4. The molecule has 2 saturated heterocycles. The van der Waals surface area contributed by atoms with Gasteiger partial charge >= 0.3 is 0 Å². The van der Waals surface area contributed by atoms with Crippen LogP contribution >= 0.6 is 11.3 Å². The first kappa shape index (κ1) is 17.9. The average molecular weight is 373 g/mol. The van der Waals surface area contributed by atoms with Gasteiger partial charge in [-0.1, -0.05) is 18.6 Å². The number of amides is 1. The molecule has 4 nitrogen and oxygen atoms in total. The molecule has 3 heterocycles. The third-order valence-electron chi connectivity index (χ3n) is 5.97. The molecule has 1 N–H and O–H groups in total. The monoisotopic (exact) mass is 372 g/mol. The molecule has 26 heavy (non-hydrogen) atoms. The summed E-state index contributed by atoms with van der Waals surface area (Å²) in [7, 11) is 0. The summed E-state index contributed by atoms with van der Waals surface area (Å²) in [6.07, 6.45) is 8.73. The normalized spacial score (nSPS) is 20.8. The number of aromatic nitrogens is 1. The second kappa shape index (κ2) is 8.49. The largest absolute Gasteiger partial charge is 0.338 e. The standard InChI is InChI=1S/C21H29N3OS/c25-20(16-23-12-6-2-1-3-7-13-23)24-14-10-17(11-15-24)21-22-18-8-4-5-9-19(18)26-21/h4-5,8-9,17H,1-3,6-7,10-16H2/p+1. The fraction of sp³-hybridized carbons (Fsp3) is 0.619. The van der Waals surface area contributed by atoms with Crippen LogP contribution in [-0.2, 0) is 4.79 Å². The van der Waals surface area contributed by atoms with Gasteiger partial charge in [-0.05, 0) is 50.7 Å². The van der Waals surface area contributed by atoms with Gasteiger partial charge in [-0.3, -0.25) is 4.79 Å². The highest BCUT2D eigenvalue weighted by Crippen LogP contribution is 2.33. The fourth-order valence-corrected chi connectivity index (χ4v) is 5.48. The summed E-state index contributed by atoms with van der Waals surface area (Å²) in [5.74, 6) is 0.883. The van der Waals surface area contributed by atoms with E-state index in [1.165, 1.54) is 59.8 Å². The number of hydrogen-bond donors (Lipinski definition) is 1. The van der Waals surface area contributed by atoms with Crippen LogP contribution in [-0.4, -0.2) is 48.5 Å². The number of carbonyl (C=O) groups is 1. The van der Waals surface area contributed by atoms with Crippen molar-refractivity contribution >= 4 is 27.5 Å². The van der Waals surface area contributed by atoms with Crippen LogP contribution in [0.3, 0.4) is 0 Å². The number of nitrogens with zero attached hydrogens (tertiary/aromatic N) is 2. The van der Waals surface area contributed by atoms with Gasteiger partial charge in [0, 0.05) is 19.0 Å². The Hall–Kier alpha value is -1.46. The van der Waals surface area contributed by atoms with E-state index in [4.69, 9.17) is 4.98 Å². The summed E-state index contributed by atoms with van der Waals surface area (Å²) in [5, 5.41) is 1.26. The number of nitrogens with one attached hydrogen (secondary N) is 1. The third-order valence-corrected chi connectivity index (χ3v) is 7.17. The maximum absolute atomic E-state index is 12.7. The van der Waals surface area contributed by atoms with E-state index < -0.39 is 0 Å². The third kappa shape index (κ3) is 4.26. The van der Waals surface area contributed by atoms with Gasteiger partial charge in [0.1, 0.15) is 0 Å². The number of thiazole rings is 1. The van der Waals surface area contributed by atoms with E-state index in [9.17, 15) is 4.79 Å². The zero-order valence-electron chi connectivity index (χ0n) is 15.6. The Kier molecular flexibility index (Phi) is 5.85. The molecule has 0 atom stereocenters. The number of carbonyl (C=O) groups excluding carboxylic acids is 1. The molecule has 2 aliphatic heterocycles. The Labute approximate surface area is 160 Å². The molecular weight excluding hydrogens is 342 g/mol. The summed E-state index contributed by atoms with van der Waals surface area (Å²) in [5.41, 5.74) is 1.12. The molecule has 0 spiro atoms. The predicted molar refractivity (Wildman–Crippen MR) is 107 cm³/mol. The first-order valence-electron chi connectivity index (χ1n) is 10.3. The van der Waals surface area contributed by atoms with Gasteiger partial charge in [0.2, 0.25) is 0 Å². The molecule has 0 aliphatic carbocycles. The highest BCUT2D eigenvalue weighted by molar-refractivity contribution is 7.18. The van der Waals surface area contributed by atoms with E-state index in [-0.39, 0.29) is 0 Å². The minimum absolute atomic E-state index is 0.364. The summed E-state index contributed by atoms with van der Waals surface area (Å²) < 4.78 is 1.28. The Balaban J connectivity index is 1.30. The molecule has 1 aromatic carbocycles. The summed E-state index contributed by atoms with van der Waals surface area (Å²) in [6, 6.07) is 8.39. The number of quaternary nitrogens is 1. The van der Waals surface area contributed by atoms with Crippen molar-refractivity contribution in [3.63, 3.8) is 0 Å². The van der Waals surface area contributed by atoms with Gasteiger partial charge in [-0.15, -0.1) is 11.3 Å². The average Bonchev–Trinajstić information content (AvgIpc) is 3.08. The smallest absolute Gasteiger partial charge is 0.277 e. The quantitative estimate of drug-likeness (QED) is 0.900. The van der Waals surface area contributed by atoms with Gasteiger partial charge in [0.15, 0.2) is 6.54 Å². The number of para-hydroxylation sites is 1. The number of piperidine rings is 1. The molecule has 0 saturated carbocycles. The van der Waals surface area contributed by atoms with Crippen molar-refractivity contribution in [1.29, 1.82) is 0 Å². The summed E-state index contributed by atoms with van der Waals surface area (Å²) in [6.45, 7) is 4.84. The molecule has 0 unspecified atom stereocenters. The Morgan fingerprint density at radius 1 is 1.08 bits per heavy atom. The van der Waals surface area contributed by atoms with Crippen molar-refractivity contribution in [2.45, 2.75) is 50.9 Å². The molecule has 2 aromatic rings. The molecule has 1 amide bonds. The van der Waals surface area contributed by atoms with E-state index in [0.29, 0.717) is 18.4 Å². The second-order valence-electron chi connectivity index (χ2n) is 7.87. The van der Waals surface area contributed by atoms with Crippen molar-refractivity contribution in [2.75, 3.05) is 32.7 Å². The Bertz CT molecular complexity index is 695. The van der Waals surface area contributed by atoms with Crippen LogP contribution in [0.5, 0.6) is 0 Å². The predicted octanol–water partition coefficient (Wildman–Crippen LogP) is 2.85. The number of benzene rings is 1. The first-order chi connectivity index (χ1) is 12.8. The van der Waals surface area contributed by atoms with E-state index in [2.05, 4.69) is 29.2 Å². The minimum atomic E-state index is 0.364. The second-order valence-corrected chi connectivity index (χ2v) is 8.93. The lowest BCUT2D eigenvalue weighted by atomic mass is 9.97. The van der Waals surface area contributed by atoms with E-state index in [1.807, 2.05) is 11.3 Å². The summed E-state index contributed by atoms with van der Waals surface area (Å²) >= 11 is 1.83.